The summed E-state index contributed by atoms with van der Waals surface area (Å²) in [5, 5.41) is 17.9. The number of aliphatic hydroxyl groups excluding tert-OH is 2. The molecule has 1 saturated heterocycles. The van der Waals surface area contributed by atoms with Crippen LogP contribution in [0.25, 0.3) is 0 Å². The minimum absolute atomic E-state index is 0.442. The number of hydrogen-bond donors (Lipinski definition) is 2. The van der Waals surface area contributed by atoms with Crippen molar-refractivity contribution in [2.75, 3.05) is 6.61 Å². The van der Waals surface area contributed by atoms with Crippen LogP contribution in [0.4, 0.5) is 4.39 Å². The average Bonchev–Trinajstić information content (AvgIpc) is 2.17. The molecular formula is C6H10BFO3. The second-order valence-corrected chi connectivity index (χ2v) is 2.94. The number of rotatable bonds is 1. The van der Waals surface area contributed by atoms with E-state index in [1.54, 1.807) is 0 Å². The average molecular weight is 160 g/mol. The third-order valence-corrected chi connectivity index (χ3v) is 1.96. The highest BCUT2D eigenvalue weighted by Crippen LogP contribution is 2.30. The van der Waals surface area contributed by atoms with Crippen molar-refractivity contribution in [2.45, 2.75) is 30.8 Å². The van der Waals surface area contributed by atoms with Crippen LogP contribution < -0.4 is 0 Å². The molecular weight excluding hydrogens is 150 g/mol. The lowest BCUT2D eigenvalue weighted by Crippen LogP contribution is -2.42. The Hall–Kier alpha value is -0.125. The van der Waals surface area contributed by atoms with Crippen LogP contribution >= 0.6 is 0 Å². The molecule has 11 heavy (non-hydrogen) atoms. The summed E-state index contributed by atoms with van der Waals surface area (Å²) in [5.41, 5.74) is -1.25. The van der Waals surface area contributed by atoms with E-state index in [9.17, 15) is 4.39 Å². The third-order valence-electron chi connectivity index (χ3n) is 1.96. The summed E-state index contributed by atoms with van der Waals surface area (Å²) in [5.74, 6) is 0. The fraction of sp³-hybridized carbons (Fsp3) is 1.00. The van der Waals surface area contributed by atoms with Crippen LogP contribution in [0.15, 0.2) is 0 Å². The van der Waals surface area contributed by atoms with Crippen LogP contribution in [-0.4, -0.2) is 48.5 Å². The van der Waals surface area contributed by atoms with E-state index in [4.69, 9.17) is 22.8 Å². The van der Waals surface area contributed by atoms with Crippen molar-refractivity contribution in [3.8, 4) is 0 Å². The smallest absolute Gasteiger partial charge is 0.146 e. The van der Waals surface area contributed by atoms with Gasteiger partial charge in [0.2, 0.25) is 0 Å². The molecule has 3 nitrogen and oxygen atoms in total. The molecule has 0 saturated carbocycles. The molecule has 0 aromatic rings. The summed E-state index contributed by atoms with van der Waals surface area (Å²) in [6.07, 6.45) is -2.96. The molecule has 2 radical (unpaired) electrons. The first-order valence-electron chi connectivity index (χ1n) is 3.37. The Bertz CT molecular complexity index is 157. The molecule has 5 heteroatoms. The zero-order valence-electron chi connectivity index (χ0n) is 6.20. The highest BCUT2D eigenvalue weighted by molar-refractivity contribution is 6.11. The minimum atomic E-state index is -1.62. The number of alkyl halides is 1. The third kappa shape index (κ3) is 1.28. The van der Waals surface area contributed by atoms with Crippen molar-refractivity contribution in [3.63, 3.8) is 0 Å². The summed E-state index contributed by atoms with van der Waals surface area (Å²) in [6, 6.07) is -1.14. The van der Waals surface area contributed by atoms with Gasteiger partial charge in [-0.1, -0.05) is 0 Å². The zero-order chi connectivity index (χ0) is 8.65. The molecule has 0 bridgehead atoms. The van der Waals surface area contributed by atoms with Crippen molar-refractivity contribution in [1.82, 2.24) is 0 Å². The summed E-state index contributed by atoms with van der Waals surface area (Å²) in [7, 11) is 5.15. The van der Waals surface area contributed by atoms with E-state index < -0.39 is 30.5 Å². The Morgan fingerprint density at radius 3 is 2.45 bits per heavy atom. The van der Waals surface area contributed by atoms with E-state index in [1.165, 1.54) is 6.92 Å². The van der Waals surface area contributed by atoms with Crippen molar-refractivity contribution in [2.24, 2.45) is 0 Å². The molecule has 0 amide bonds. The van der Waals surface area contributed by atoms with Gasteiger partial charge in [-0.05, 0) is 6.92 Å². The number of aliphatic hydroxyl groups is 2. The Kier molecular flexibility index (Phi) is 2.23. The second kappa shape index (κ2) is 2.73. The number of hydrogen-bond acceptors (Lipinski definition) is 3. The molecule has 4 atom stereocenters. The van der Waals surface area contributed by atoms with Gasteiger partial charge in [-0.3, -0.25) is 0 Å². The molecule has 2 unspecified atom stereocenters. The lowest BCUT2D eigenvalue weighted by atomic mass is 9.91. The van der Waals surface area contributed by atoms with Gasteiger partial charge in [-0.25, -0.2) is 4.39 Å². The van der Waals surface area contributed by atoms with Gasteiger partial charge < -0.3 is 14.9 Å². The van der Waals surface area contributed by atoms with Gasteiger partial charge in [0.15, 0.2) is 0 Å². The van der Waals surface area contributed by atoms with Crippen LogP contribution in [0.1, 0.15) is 6.92 Å². The van der Waals surface area contributed by atoms with Crippen LogP contribution in [0.5, 0.6) is 0 Å². The summed E-state index contributed by atoms with van der Waals surface area (Å²) < 4.78 is 17.6. The summed E-state index contributed by atoms with van der Waals surface area (Å²) in [4.78, 5) is 0. The first kappa shape index (κ1) is 8.97. The fourth-order valence-electron chi connectivity index (χ4n) is 1.09. The van der Waals surface area contributed by atoms with Crippen molar-refractivity contribution >= 4 is 7.85 Å². The molecule has 1 aliphatic heterocycles. The molecule has 0 aliphatic carbocycles. The highest BCUT2D eigenvalue weighted by Gasteiger charge is 2.49. The maximum atomic E-state index is 12.8. The first-order chi connectivity index (χ1) is 5.01. The van der Waals surface area contributed by atoms with Gasteiger partial charge in [-0.15, -0.1) is 0 Å². The maximum absolute atomic E-state index is 12.8. The Balaban J connectivity index is 2.73. The largest absolute Gasteiger partial charge is 0.393 e. The summed E-state index contributed by atoms with van der Waals surface area (Å²) >= 11 is 0. The maximum Gasteiger partial charge on any atom is 0.146 e. The van der Waals surface area contributed by atoms with Gasteiger partial charge >= 0.3 is 0 Å². The quantitative estimate of drug-likeness (QED) is 0.481. The minimum Gasteiger partial charge on any atom is -0.393 e. The molecule has 1 fully saturated rings. The molecule has 1 aliphatic rings. The molecule has 1 heterocycles. The Morgan fingerprint density at radius 1 is 1.73 bits per heavy atom. The SMILES string of the molecule is [B][C@@H]1O[C@](C)(CO)C(O)C1F. The van der Waals surface area contributed by atoms with Crippen LogP contribution in [0.3, 0.4) is 0 Å². The molecule has 2 N–H and O–H groups in total. The topological polar surface area (TPSA) is 49.7 Å². The lowest BCUT2D eigenvalue weighted by Gasteiger charge is -2.24. The monoisotopic (exact) mass is 160 g/mol. The molecule has 0 aromatic heterocycles. The van der Waals surface area contributed by atoms with E-state index in [1.807, 2.05) is 0 Å². The van der Waals surface area contributed by atoms with Crippen LogP contribution in [-0.2, 0) is 4.74 Å². The Labute approximate surface area is 65.6 Å². The molecule has 62 valence electrons. The normalized spacial score (nSPS) is 51.5. The van der Waals surface area contributed by atoms with Gasteiger partial charge in [-0.2, -0.15) is 0 Å². The van der Waals surface area contributed by atoms with E-state index in [0.717, 1.165) is 0 Å². The predicted octanol–water partition coefficient (Wildman–Crippen LogP) is -1.04. The van der Waals surface area contributed by atoms with Gasteiger partial charge in [0.25, 0.3) is 0 Å². The fourth-order valence-corrected chi connectivity index (χ4v) is 1.09. The van der Waals surface area contributed by atoms with Gasteiger partial charge in [0.05, 0.1) is 12.6 Å². The van der Waals surface area contributed by atoms with Crippen molar-refractivity contribution < 1.29 is 19.3 Å². The van der Waals surface area contributed by atoms with E-state index >= 15 is 0 Å². The highest BCUT2D eigenvalue weighted by atomic mass is 19.1. The van der Waals surface area contributed by atoms with Crippen molar-refractivity contribution in [3.05, 3.63) is 0 Å². The first-order valence-corrected chi connectivity index (χ1v) is 3.37. The number of halogens is 1. The predicted molar refractivity (Wildman–Crippen MR) is 37.0 cm³/mol. The van der Waals surface area contributed by atoms with E-state index in [0.29, 0.717) is 0 Å². The lowest BCUT2D eigenvalue weighted by molar-refractivity contribution is -0.0852. The second-order valence-electron chi connectivity index (χ2n) is 2.94. The van der Waals surface area contributed by atoms with Crippen molar-refractivity contribution in [1.29, 1.82) is 0 Å². The summed E-state index contributed by atoms with van der Waals surface area (Å²) in [6.45, 7) is 0.972. The molecule has 0 spiro atoms. The Morgan fingerprint density at radius 2 is 2.27 bits per heavy atom. The molecule has 1 rings (SSSR count). The van der Waals surface area contributed by atoms with Gasteiger partial charge in [0, 0.05) is 0 Å². The van der Waals surface area contributed by atoms with Crippen LogP contribution in [0, 0.1) is 0 Å². The van der Waals surface area contributed by atoms with Crippen LogP contribution in [0.2, 0.25) is 0 Å². The van der Waals surface area contributed by atoms with Gasteiger partial charge in [0.1, 0.15) is 25.7 Å². The standard InChI is InChI=1S/C6H10BFO3/c1-6(2-9)4(10)3(8)5(7)11-6/h3-5,9-10H,2H2,1H3/t3?,4?,5-,6-/m1/s1. The molecule has 0 aromatic carbocycles. The number of ether oxygens (including phenoxy) is 1. The van der Waals surface area contributed by atoms with E-state index in [2.05, 4.69) is 0 Å². The zero-order valence-corrected chi connectivity index (χ0v) is 6.20. The van der Waals surface area contributed by atoms with E-state index in [-0.39, 0.29) is 0 Å².